The van der Waals surface area contributed by atoms with Crippen LogP contribution in [0.5, 0.6) is 0 Å². The number of oxazole rings is 1. The average Bonchev–Trinajstić information content (AvgIpc) is 3.32. The molecule has 0 spiro atoms. The fourth-order valence-electron chi connectivity index (χ4n) is 2.34. The molecule has 0 radical (unpaired) electrons. The number of aromatic amines is 1. The number of nitrogens with one attached hydrogen (secondary N) is 2. The van der Waals surface area contributed by atoms with Crippen molar-refractivity contribution in [2.75, 3.05) is 5.32 Å². The number of aromatic nitrogens is 5. The van der Waals surface area contributed by atoms with Gasteiger partial charge in [0.15, 0.2) is 5.58 Å². The molecule has 4 aromatic rings. The van der Waals surface area contributed by atoms with Crippen LogP contribution in [0.15, 0.2) is 53.1 Å². The molecule has 0 amide bonds. The van der Waals surface area contributed by atoms with Gasteiger partial charge in [0.2, 0.25) is 11.7 Å². The zero-order valence-corrected chi connectivity index (χ0v) is 13.9. The molecule has 2 N–H and O–H groups in total. The van der Waals surface area contributed by atoms with Crippen molar-refractivity contribution in [1.29, 1.82) is 5.26 Å². The van der Waals surface area contributed by atoms with Crippen molar-refractivity contribution in [3.63, 3.8) is 0 Å². The molecule has 9 heteroatoms. The van der Waals surface area contributed by atoms with E-state index >= 15 is 0 Å². The van der Waals surface area contributed by atoms with Crippen LogP contribution in [-0.4, -0.2) is 25.6 Å². The van der Waals surface area contributed by atoms with Gasteiger partial charge in [-0.2, -0.15) is 10.5 Å². The van der Waals surface area contributed by atoms with Crippen LogP contribution in [0.2, 0.25) is 5.02 Å². The fraction of sp³-hybridized carbons (Fsp3) is 0. The number of tetrazole rings is 1. The van der Waals surface area contributed by atoms with Gasteiger partial charge in [-0.15, -0.1) is 10.2 Å². The van der Waals surface area contributed by atoms with Crippen LogP contribution in [0, 0.1) is 11.3 Å². The highest BCUT2D eigenvalue weighted by atomic mass is 35.5. The van der Waals surface area contributed by atoms with E-state index in [0.29, 0.717) is 16.5 Å². The number of nitrogens with zero attached hydrogens (tertiary/aromatic N) is 5. The van der Waals surface area contributed by atoms with Gasteiger partial charge in [0, 0.05) is 28.5 Å². The summed E-state index contributed by atoms with van der Waals surface area (Å²) in [5, 5.41) is 26.1. The maximum Gasteiger partial charge on any atom is 0.227 e. The predicted molar refractivity (Wildman–Crippen MR) is 95.8 cm³/mol. The molecule has 4 rings (SSSR count). The molecule has 0 unspecified atom stereocenters. The lowest BCUT2D eigenvalue weighted by atomic mass is 10.2. The highest BCUT2D eigenvalue weighted by Gasteiger charge is 2.10. The van der Waals surface area contributed by atoms with Crippen molar-refractivity contribution in [2.45, 2.75) is 0 Å². The van der Waals surface area contributed by atoms with E-state index in [4.69, 9.17) is 16.0 Å². The zero-order valence-electron chi connectivity index (χ0n) is 13.1. The molecule has 2 heterocycles. The Hall–Kier alpha value is -3.70. The summed E-state index contributed by atoms with van der Waals surface area (Å²) in [5.74, 6) is 0.695. The molecule has 2 aromatic carbocycles. The van der Waals surface area contributed by atoms with E-state index in [1.165, 1.54) is 6.20 Å². The van der Waals surface area contributed by atoms with Crippen molar-refractivity contribution >= 4 is 34.0 Å². The molecule has 0 bridgehead atoms. The number of hydrogen-bond donors (Lipinski definition) is 2. The summed E-state index contributed by atoms with van der Waals surface area (Å²) in [7, 11) is 0. The van der Waals surface area contributed by atoms with E-state index < -0.39 is 0 Å². The Kier molecular flexibility index (Phi) is 4.05. The number of rotatable bonds is 4. The Bertz CT molecular complexity index is 1140. The molecule has 0 aliphatic rings. The summed E-state index contributed by atoms with van der Waals surface area (Å²) in [5.41, 5.74) is 3.13. The molecule has 0 atom stereocenters. The van der Waals surface area contributed by atoms with Gasteiger partial charge in [0.1, 0.15) is 17.2 Å². The standard InChI is InChI=1S/C17H10ClN7O/c18-12-4-5-14-15(7-12)26-17(21-14)10-2-1-3-13(6-10)20-9-11(8-19)16-22-24-25-23-16/h1-7,9,20H,(H,22,23,24,25). The molecule has 8 nitrogen and oxygen atoms in total. The minimum Gasteiger partial charge on any atom is -0.436 e. The second kappa shape index (κ2) is 6.66. The second-order valence-electron chi connectivity index (χ2n) is 5.26. The number of nitriles is 1. The van der Waals surface area contributed by atoms with Gasteiger partial charge in [0.05, 0.1) is 0 Å². The minimum absolute atomic E-state index is 0.215. The summed E-state index contributed by atoms with van der Waals surface area (Å²) < 4.78 is 5.77. The van der Waals surface area contributed by atoms with Crippen LogP contribution in [0.3, 0.4) is 0 Å². The number of halogens is 1. The molecule has 0 saturated carbocycles. The Balaban J connectivity index is 1.63. The van der Waals surface area contributed by atoms with Crippen LogP contribution < -0.4 is 5.32 Å². The Morgan fingerprint density at radius 3 is 3.00 bits per heavy atom. The smallest absolute Gasteiger partial charge is 0.227 e. The third-order valence-corrected chi connectivity index (χ3v) is 3.78. The van der Waals surface area contributed by atoms with Gasteiger partial charge < -0.3 is 9.73 Å². The van der Waals surface area contributed by atoms with E-state index in [1.807, 2.05) is 30.3 Å². The number of anilines is 1. The highest BCUT2D eigenvalue weighted by molar-refractivity contribution is 6.31. The van der Waals surface area contributed by atoms with Crippen LogP contribution in [-0.2, 0) is 0 Å². The first-order valence-corrected chi connectivity index (χ1v) is 7.88. The lowest BCUT2D eigenvalue weighted by molar-refractivity contribution is 0.620. The molecule has 2 aromatic heterocycles. The summed E-state index contributed by atoms with van der Waals surface area (Å²) in [4.78, 5) is 4.46. The SMILES string of the molecule is N#CC(=CNc1cccc(-c2nc3ccc(Cl)cc3o2)c1)c1nn[nH]n1. The summed E-state index contributed by atoms with van der Waals surface area (Å²) in [6.45, 7) is 0. The number of hydrogen-bond acceptors (Lipinski definition) is 7. The number of allylic oxidation sites excluding steroid dienone is 1. The predicted octanol–water partition coefficient (Wildman–Crippen LogP) is 3.64. The molecule has 0 fully saturated rings. The molecule has 26 heavy (non-hydrogen) atoms. The third-order valence-electron chi connectivity index (χ3n) is 3.55. The van der Waals surface area contributed by atoms with Crippen LogP contribution >= 0.6 is 11.6 Å². The van der Waals surface area contributed by atoms with Crippen molar-refractivity contribution in [2.24, 2.45) is 0 Å². The molecule has 0 aliphatic heterocycles. The quantitative estimate of drug-likeness (QED) is 0.531. The average molecular weight is 364 g/mol. The minimum atomic E-state index is 0.215. The van der Waals surface area contributed by atoms with Gasteiger partial charge in [0.25, 0.3) is 0 Å². The first kappa shape index (κ1) is 15.8. The first-order valence-electron chi connectivity index (χ1n) is 7.50. The van der Waals surface area contributed by atoms with Gasteiger partial charge in [-0.05, 0) is 35.5 Å². The molecule has 0 saturated heterocycles. The normalized spacial score (nSPS) is 11.5. The van der Waals surface area contributed by atoms with Gasteiger partial charge in [-0.3, -0.25) is 0 Å². The maximum atomic E-state index is 9.20. The van der Waals surface area contributed by atoms with Gasteiger partial charge in [-0.1, -0.05) is 17.7 Å². The molecule has 126 valence electrons. The summed E-state index contributed by atoms with van der Waals surface area (Å²) >= 11 is 5.98. The van der Waals surface area contributed by atoms with Crippen LogP contribution in [0.4, 0.5) is 5.69 Å². The number of benzene rings is 2. The summed E-state index contributed by atoms with van der Waals surface area (Å²) in [6.07, 6.45) is 1.51. The first-order chi connectivity index (χ1) is 12.7. The Labute approximate surface area is 152 Å². The van der Waals surface area contributed by atoms with E-state index in [2.05, 4.69) is 30.9 Å². The lowest BCUT2D eigenvalue weighted by Crippen LogP contribution is -1.93. The maximum absolute atomic E-state index is 9.20. The van der Waals surface area contributed by atoms with E-state index in [1.54, 1.807) is 18.2 Å². The topological polar surface area (TPSA) is 116 Å². The third kappa shape index (κ3) is 3.11. The highest BCUT2D eigenvalue weighted by Crippen LogP contribution is 2.27. The summed E-state index contributed by atoms with van der Waals surface area (Å²) in [6, 6.07) is 14.8. The molecular formula is C17H10ClN7O. The van der Waals surface area contributed by atoms with Gasteiger partial charge >= 0.3 is 0 Å². The molecular weight excluding hydrogens is 354 g/mol. The van der Waals surface area contributed by atoms with E-state index in [0.717, 1.165) is 16.8 Å². The van der Waals surface area contributed by atoms with Crippen molar-refractivity contribution in [3.05, 3.63) is 59.5 Å². The van der Waals surface area contributed by atoms with Gasteiger partial charge in [-0.25, -0.2) is 4.98 Å². The number of fused-ring (bicyclic) bond motifs is 1. The number of H-pyrrole nitrogens is 1. The van der Waals surface area contributed by atoms with Crippen LogP contribution in [0.25, 0.3) is 28.1 Å². The van der Waals surface area contributed by atoms with Crippen molar-refractivity contribution < 1.29 is 4.42 Å². The largest absolute Gasteiger partial charge is 0.436 e. The Morgan fingerprint density at radius 1 is 1.27 bits per heavy atom. The zero-order chi connectivity index (χ0) is 17.9. The second-order valence-corrected chi connectivity index (χ2v) is 5.70. The molecule has 0 aliphatic carbocycles. The van der Waals surface area contributed by atoms with E-state index in [-0.39, 0.29) is 11.4 Å². The monoisotopic (exact) mass is 363 g/mol. The van der Waals surface area contributed by atoms with Crippen LogP contribution in [0.1, 0.15) is 5.82 Å². The lowest BCUT2D eigenvalue weighted by Gasteiger charge is -2.03. The van der Waals surface area contributed by atoms with E-state index in [9.17, 15) is 5.26 Å². The fourth-order valence-corrected chi connectivity index (χ4v) is 2.50. The van der Waals surface area contributed by atoms with Crippen molar-refractivity contribution in [1.82, 2.24) is 25.6 Å². The van der Waals surface area contributed by atoms with Crippen molar-refractivity contribution in [3.8, 4) is 17.5 Å². The Morgan fingerprint density at radius 2 is 2.19 bits per heavy atom.